The number of fused-ring (bicyclic) bond motifs is 7. The van der Waals surface area contributed by atoms with Gasteiger partial charge < -0.3 is 14.7 Å². The summed E-state index contributed by atoms with van der Waals surface area (Å²) in [7, 11) is 4.24. The summed E-state index contributed by atoms with van der Waals surface area (Å²) < 4.78 is 5.83. The summed E-state index contributed by atoms with van der Waals surface area (Å²) in [5.41, 5.74) is 9.56. The summed E-state index contributed by atoms with van der Waals surface area (Å²) in [6.45, 7) is 5.31. The van der Waals surface area contributed by atoms with Crippen molar-refractivity contribution in [3.05, 3.63) is 106 Å². The highest BCUT2D eigenvalue weighted by Crippen LogP contribution is 2.61. The number of phenolic OH excluding ortho intramolecular Hbond substituents is 1. The number of carbonyl (C=O) groups is 1. The SMILES string of the molecule is CCC(=O)OC1CCC2C3CCc4cc(O)ccc4C3CCC12C.CN(C)CCC=C1c2ccccc2C=Cc2ccccc21.Cl. The van der Waals surface area contributed by atoms with E-state index in [9.17, 15) is 9.90 Å². The van der Waals surface area contributed by atoms with Crippen molar-refractivity contribution in [3.8, 4) is 5.75 Å². The molecule has 0 radical (unpaired) electrons. The van der Waals surface area contributed by atoms with Crippen molar-refractivity contribution < 1.29 is 14.6 Å². The lowest BCUT2D eigenvalue weighted by Crippen LogP contribution is -2.45. The smallest absolute Gasteiger partial charge is 0.305 e. The van der Waals surface area contributed by atoms with Gasteiger partial charge in [-0.2, -0.15) is 0 Å². The summed E-state index contributed by atoms with van der Waals surface area (Å²) >= 11 is 0. The molecule has 5 heteroatoms. The molecule has 4 aliphatic rings. The van der Waals surface area contributed by atoms with Gasteiger partial charge in [-0.3, -0.25) is 4.79 Å². The lowest BCUT2D eigenvalue weighted by Gasteiger charge is -2.50. The molecule has 0 bridgehead atoms. The van der Waals surface area contributed by atoms with Crippen molar-refractivity contribution in [2.75, 3.05) is 20.6 Å². The molecule has 0 spiro atoms. The van der Waals surface area contributed by atoms with Crippen LogP contribution in [0.3, 0.4) is 0 Å². The predicted octanol–water partition coefficient (Wildman–Crippen LogP) is 9.55. The molecule has 244 valence electrons. The number of carbonyl (C=O) groups excluding carboxylic acids is 1. The van der Waals surface area contributed by atoms with Crippen LogP contribution in [0.4, 0.5) is 0 Å². The molecular weight excluding hydrogens is 590 g/mol. The number of phenols is 1. The van der Waals surface area contributed by atoms with Gasteiger partial charge in [0.25, 0.3) is 0 Å². The molecule has 0 saturated heterocycles. The van der Waals surface area contributed by atoms with E-state index in [1.165, 1.54) is 58.2 Å². The zero-order valence-electron chi connectivity index (χ0n) is 27.9. The van der Waals surface area contributed by atoms with E-state index in [-0.39, 0.29) is 29.9 Å². The Balaban J connectivity index is 0.000000179. The average molecular weight is 640 g/mol. The normalized spacial score (nSPS) is 25.3. The molecule has 5 unspecified atom stereocenters. The van der Waals surface area contributed by atoms with Gasteiger partial charge >= 0.3 is 5.97 Å². The second kappa shape index (κ2) is 14.6. The van der Waals surface area contributed by atoms with Gasteiger partial charge in [0.1, 0.15) is 11.9 Å². The molecule has 0 amide bonds. The maximum Gasteiger partial charge on any atom is 0.305 e. The van der Waals surface area contributed by atoms with Gasteiger partial charge in [0.05, 0.1) is 0 Å². The topological polar surface area (TPSA) is 49.8 Å². The molecular formula is C41H50ClNO3. The number of rotatable bonds is 5. The fourth-order valence-electron chi connectivity index (χ4n) is 8.74. The van der Waals surface area contributed by atoms with Crippen molar-refractivity contribution in [2.24, 2.45) is 17.3 Å². The van der Waals surface area contributed by atoms with E-state index < -0.39 is 0 Å². The molecule has 7 rings (SSSR count). The van der Waals surface area contributed by atoms with Gasteiger partial charge in [0.2, 0.25) is 0 Å². The van der Waals surface area contributed by atoms with Gasteiger partial charge in [-0.15, -0.1) is 12.4 Å². The quantitative estimate of drug-likeness (QED) is 0.221. The summed E-state index contributed by atoms with van der Waals surface area (Å²) in [5, 5.41) is 9.77. The second-order valence-electron chi connectivity index (χ2n) is 14.0. The number of halogens is 1. The van der Waals surface area contributed by atoms with Crippen molar-refractivity contribution >= 4 is 36.1 Å². The van der Waals surface area contributed by atoms with Crippen molar-refractivity contribution in [2.45, 2.75) is 77.2 Å². The van der Waals surface area contributed by atoms with Crippen LogP contribution in [0.15, 0.2) is 72.8 Å². The number of hydrogen-bond acceptors (Lipinski definition) is 4. The Hall–Kier alpha value is -3.34. The first-order chi connectivity index (χ1) is 21.8. The maximum atomic E-state index is 11.8. The van der Waals surface area contributed by atoms with Crippen molar-refractivity contribution in [3.63, 3.8) is 0 Å². The van der Waals surface area contributed by atoms with Crippen LogP contribution in [-0.2, 0) is 16.0 Å². The van der Waals surface area contributed by atoms with Crippen LogP contribution in [-0.4, -0.2) is 42.7 Å². The first-order valence-corrected chi connectivity index (χ1v) is 17.0. The molecule has 1 N–H and O–H groups in total. The monoisotopic (exact) mass is 639 g/mol. The Kier molecular flexibility index (Phi) is 10.8. The van der Waals surface area contributed by atoms with Crippen molar-refractivity contribution in [1.82, 2.24) is 4.90 Å². The largest absolute Gasteiger partial charge is 0.508 e. The standard InChI is InChI=1S/C21H28O3.C20H21N.ClH/c1-3-20(23)24-19-9-8-18-17-6-4-13-12-14(22)5-7-15(13)16(17)10-11-21(18,19)2;1-21(2)15-7-12-20-18-10-5-3-8-16(18)13-14-17-9-4-6-11-19(17)20;/h5,7,12,16-19,22H,3-4,6,8-11H2,1-2H3;3-6,8-14H,7,15H2,1-2H3;1H. The fraction of sp³-hybridized carbons (Fsp3) is 0.439. The Bertz CT molecular complexity index is 1540. The van der Waals surface area contributed by atoms with Crippen LogP contribution in [0.25, 0.3) is 17.7 Å². The number of aromatic hydroxyl groups is 1. The lowest BCUT2D eigenvalue weighted by molar-refractivity contribution is -0.157. The number of aryl methyl sites for hydroxylation is 1. The molecule has 0 heterocycles. The average Bonchev–Trinajstić information content (AvgIpc) is 3.28. The fourth-order valence-corrected chi connectivity index (χ4v) is 8.74. The minimum Gasteiger partial charge on any atom is -0.508 e. The van der Waals surface area contributed by atoms with Crippen LogP contribution in [0.2, 0.25) is 0 Å². The van der Waals surface area contributed by atoms with Gasteiger partial charge in [-0.05, 0) is 128 Å². The molecule has 4 aliphatic carbocycles. The van der Waals surface area contributed by atoms with Crippen LogP contribution >= 0.6 is 12.4 Å². The van der Waals surface area contributed by atoms with Crippen LogP contribution in [0.5, 0.6) is 5.75 Å². The summed E-state index contributed by atoms with van der Waals surface area (Å²) in [6.07, 6.45) is 15.3. The number of nitrogens with zero attached hydrogens (tertiary/aromatic N) is 1. The van der Waals surface area contributed by atoms with E-state index in [1.54, 1.807) is 0 Å². The molecule has 5 atom stereocenters. The molecule has 4 nitrogen and oxygen atoms in total. The molecule has 0 aromatic heterocycles. The zero-order valence-corrected chi connectivity index (χ0v) is 28.7. The third-order valence-electron chi connectivity index (χ3n) is 11.1. The van der Waals surface area contributed by atoms with Crippen LogP contribution in [0.1, 0.15) is 98.1 Å². The first kappa shape index (κ1) is 34.0. The summed E-state index contributed by atoms with van der Waals surface area (Å²) in [5.74, 6) is 2.32. The highest BCUT2D eigenvalue weighted by molar-refractivity contribution is 5.93. The third kappa shape index (κ3) is 6.85. The highest BCUT2D eigenvalue weighted by Gasteiger charge is 2.56. The summed E-state index contributed by atoms with van der Waals surface area (Å²) in [4.78, 5) is 14.0. The third-order valence-corrected chi connectivity index (χ3v) is 11.1. The molecule has 46 heavy (non-hydrogen) atoms. The Labute approximate surface area is 282 Å². The Morgan fingerprint density at radius 2 is 1.63 bits per heavy atom. The minimum absolute atomic E-state index is 0. The number of ether oxygens (including phenoxy) is 1. The van der Waals surface area contributed by atoms with E-state index in [4.69, 9.17) is 4.74 Å². The first-order valence-electron chi connectivity index (χ1n) is 17.0. The number of benzene rings is 3. The number of esters is 1. The molecule has 2 saturated carbocycles. The van der Waals surface area contributed by atoms with E-state index in [2.05, 4.69) is 98.7 Å². The van der Waals surface area contributed by atoms with Crippen LogP contribution < -0.4 is 0 Å². The molecule has 3 aromatic carbocycles. The molecule has 2 fully saturated rings. The van der Waals surface area contributed by atoms with Gasteiger partial charge in [0.15, 0.2) is 0 Å². The number of hydrogen-bond donors (Lipinski definition) is 1. The summed E-state index contributed by atoms with van der Waals surface area (Å²) in [6, 6.07) is 23.2. The Morgan fingerprint density at radius 3 is 2.28 bits per heavy atom. The predicted molar refractivity (Wildman–Crippen MR) is 192 cm³/mol. The van der Waals surface area contributed by atoms with Crippen molar-refractivity contribution in [1.29, 1.82) is 0 Å². The Morgan fingerprint density at radius 1 is 0.957 bits per heavy atom. The van der Waals surface area contributed by atoms with Crippen LogP contribution in [0, 0.1) is 17.3 Å². The van der Waals surface area contributed by atoms with Gasteiger partial charge in [-0.1, -0.05) is 86.7 Å². The lowest BCUT2D eigenvalue weighted by atomic mass is 9.55. The zero-order chi connectivity index (χ0) is 31.6. The highest BCUT2D eigenvalue weighted by atomic mass is 35.5. The van der Waals surface area contributed by atoms with E-state index in [0.717, 1.165) is 32.2 Å². The van der Waals surface area contributed by atoms with E-state index in [1.807, 2.05) is 19.1 Å². The van der Waals surface area contributed by atoms with Gasteiger partial charge in [0, 0.05) is 18.4 Å². The molecule has 3 aromatic rings. The second-order valence-corrected chi connectivity index (χ2v) is 14.0. The van der Waals surface area contributed by atoms with E-state index in [0.29, 0.717) is 29.9 Å². The van der Waals surface area contributed by atoms with Gasteiger partial charge in [-0.25, -0.2) is 0 Å². The minimum atomic E-state index is -0.0477. The maximum absolute atomic E-state index is 11.8. The molecule has 0 aliphatic heterocycles. The van der Waals surface area contributed by atoms with E-state index >= 15 is 0 Å².